The maximum Gasteiger partial charge on any atom is 0.115 e. The first-order valence-corrected chi connectivity index (χ1v) is 7.87. The van der Waals surface area contributed by atoms with Gasteiger partial charge in [-0.1, -0.05) is 30.3 Å². The Hall–Kier alpha value is -1.80. The zero-order chi connectivity index (χ0) is 14.4. The molecule has 4 rings (SSSR count). The summed E-state index contributed by atoms with van der Waals surface area (Å²) < 4.78 is 0. The first kappa shape index (κ1) is 12.9. The van der Waals surface area contributed by atoms with E-state index in [1.165, 1.54) is 35.1 Å². The second-order valence-electron chi connectivity index (χ2n) is 6.39. The van der Waals surface area contributed by atoms with E-state index in [9.17, 15) is 5.11 Å². The molecule has 0 radical (unpaired) electrons. The summed E-state index contributed by atoms with van der Waals surface area (Å²) in [5.74, 6) is 1.40. The summed E-state index contributed by atoms with van der Waals surface area (Å²) in [5.41, 5.74) is 5.46. The largest absolute Gasteiger partial charge is 0.508 e. The number of benzene rings is 2. The molecule has 2 heteroatoms. The first-order chi connectivity index (χ1) is 10.3. The highest BCUT2D eigenvalue weighted by Gasteiger charge is 2.42. The van der Waals surface area contributed by atoms with E-state index in [0.29, 0.717) is 23.6 Å². The van der Waals surface area contributed by atoms with Crippen LogP contribution in [0.1, 0.15) is 47.1 Å². The van der Waals surface area contributed by atoms with Gasteiger partial charge in [-0.05, 0) is 66.6 Å². The molecular weight excluding hydrogens is 258 g/mol. The summed E-state index contributed by atoms with van der Waals surface area (Å²) in [4.78, 5) is 0. The Balaban J connectivity index is 1.89. The maximum atomic E-state index is 9.94. The molecule has 21 heavy (non-hydrogen) atoms. The van der Waals surface area contributed by atoms with Crippen molar-refractivity contribution in [1.82, 2.24) is 5.32 Å². The fourth-order valence-corrected chi connectivity index (χ4v) is 4.29. The van der Waals surface area contributed by atoms with Crippen LogP contribution in [0.2, 0.25) is 0 Å². The van der Waals surface area contributed by atoms with Crippen molar-refractivity contribution in [2.45, 2.75) is 31.7 Å². The van der Waals surface area contributed by atoms with Crippen molar-refractivity contribution in [3.63, 3.8) is 0 Å². The Morgan fingerprint density at radius 3 is 2.76 bits per heavy atom. The Morgan fingerprint density at radius 2 is 1.90 bits per heavy atom. The van der Waals surface area contributed by atoms with Gasteiger partial charge in [0.25, 0.3) is 0 Å². The summed E-state index contributed by atoms with van der Waals surface area (Å²) in [7, 11) is 0. The van der Waals surface area contributed by atoms with Gasteiger partial charge in [0.05, 0.1) is 0 Å². The van der Waals surface area contributed by atoms with Crippen molar-refractivity contribution in [3.05, 3.63) is 64.7 Å². The number of nitrogens with one attached hydrogen (secondary N) is 1. The lowest BCUT2D eigenvalue weighted by atomic mass is 9.79. The number of phenolic OH excluding ortho intramolecular Hbond substituents is 1. The van der Waals surface area contributed by atoms with E-state index in [1.807, 2.05) is 12.1 Å². The third kappa shape index (κ3) is 1.97. The Labute approximate surface area is 125 Å². The SMILES string of the molecule is Cc1ccccc1C1c2cc(O)ccc2C2NCCCC21. The van der Waals surface area contributed by atoms with E-state index in [0.717, 1.165) is 6.54 Å². The van der Waals surface area contributed by atoms with Gasteiger partial charge in [0.1, 0.15) is 5.75 Å². The summed E-state index contributed by atoms with van der Waals surface area (Å²) in [6.07, 6.45) is 2.50. The maximum absolute atomic E-state index is 9.94. The first-order valence-electron chi connectivity index (χ1n) is 7.87. The molecule has 2 aromatic carbocycles. The van der Waals surface area contributed by atoms with Crippen molar-refractivity contribution in [2.24, 2.45) is 5.92 Å². The summed E-state index contributed by atoms with van der Waals surface area (Å²) >= 11 is 0. The van der Waals surface area contributed by atoms with Crippen LogP contribution in [0.5, 0.6) is 5.75 Å². The Bertz CT molecular complexity index is 679. The number of piperidine rings is 1. The number of fused-ring (bicyclic) bond motifs is 3. The lowest BCUT2D eigenvalue weighted by Gasteiger charge is -2.31. The van der Waals surface area contributed by atoms with Crippen LogP contribution in [0.3, 0.4) is 0 Å². The topological polar surface area (TPSA) is 32.3 Å². The molecule has 1 aliphatic heterocycles. The minimum Gasteiger partial charge on any atom is -0.508 e. The standard InChI is InChI=1S/C19H21NO/c1-12-5-2-3-6-14(12)18-16-7-4-10-20-19(16)15-9-8-13(21)11-17(15)18/h2-3,5-6,8-9,11,16,18-21H,4,7,10H2,1H3. The van der Waals surface area contributed by atoms with Crippen molar-refractivity contribution in [2.75, 3.05) is 6.54 Å². The zero-order valence-corrected chi connectivity index (χ0v) is 12.3. The third-order valence-corrected chi connectivity index (χ3v) is 5.20. The molecule has 108 valence electrons. The highest BCUT2D eigenvalue weighted by atomic mass is 16.3. The molecule has 2 nitrogen and oxygen atoms in total. The van der Waals surface area contributed by atoms with E-state index >= 15 is 0 Å². The van der Waals surface area contributed by atoms with Gasteiger partial charge in [0.15, 0.2) is 0 Å². The predicted octanol–water partition coefficient (Wildman–Crippen LogP) is 3.89. The van der Waals surface area contributed by atoms with Crippen LogP contribution in [-0.2, 0) is 0 Å². The van der Waals surface area contributed by atoms with Crippen LogP contribution in [0.4, 0.5) is 0 Å². The third-order valence-electron chi connectivity index (χ3n) is 5.20. The molecule has 1 aliphatic carbocycles. The average Bonchev–Trinajstić information content (AvgIpc) is 2.81. The molecule has 0 aromatic heterocycles. The number of phenols is 1. The number of rotatable bonds is 1. The molecular formula is C19H21NO. The highest BCUT2D eigenvalue weighted by molar-refractivity contribution is 5.50. The van der Waals surface area contributed by atoms with Gasteiger partial charge in [-0.25, -0.2) is 0 Å². The van der Waals surface area contributed by atoms with E-state index in [-0.39, 0.29) is 0 Å². The summed E-state index contributed by atoms with van der Waals surface area (Å²) in [6, 6.07) is 15.0. The van der Waals surface area contributed by atoms with Crippen LogP contribution >= 0.6 is 0 Å². The predicted molar refractivity (Wildman–Crippen MR) is 84.6 cm³/mol. The summed E-state index contributed by atoms with van der Waals surface area (Å²) in [6.45, 7) is 3.30. The van der Waals surface area contributed by atoms with Crippen molar-refractivity contribution < 1.29 is 5.11 Å². The van der Waals surface area contributed by atoms with Gasteiger partial charge >= 0.3 is 0 Å². The zero-order valence-electron chi connectivity index (χ0n) is 12.3. The molecule has 0 spiro atoms. The van der Waals surface area contributed by atoms with E-state index < -0.39 is 0 Å². The van der Waals surface area contributed by atoms with Crippen LogP contribution in [0.25, 0.3) is 0 Å². The molecule has 2 aliphatic rings. The highest BCUT2D eigenvalue weighted by Crippen LogP contribution is 2.52. The Morgan fingerprint density at radius 1 is 1.05 bits per heavy atom. The van der Waals surface area contributed by atoms with Crippen LogP contribution in [-0.4, -0.2) is 11.7 Å². The molecule has 3 atom stereocenters. The lowest BCUT2D eigenvalue weighted by Crippen LogP contribution is -2.33. The minimum absolute atomic E-state index is 0.381. The quantitative estimate of drug-likeness (QED) is 0.830. The van der Waals surface area contributed by atoms with Crippen molar-refractivity contribution in [3.8, 4) is 5.75 Å². The summed E-state index contributed by atoms with van der Waals surface area (Å²) in [5, 5.41) is 13.6. The number of hydrogen-bond acceptors (Lipinski definition) is 2. The molecule has 0 saturated carbocycles. The molecule has 0 amide bonds. The number of hydrogen-bond donors (Lipinski definition) is 2. The van der Waals surface area contributed by atoms with Crippen LogP contribution in [0, 0.1) is 12.8 Å². The van der Waals surface area contributed by atoms with Gasteiger partial charge < -0.3 is 10.4 Å². The minimum atomic E-state index is 0.381. The lowest BCUT2D eigenvalue weighted by molar-refractivity contribution is 0.286. The van der Waals surface area contributed by atoms with Crippen LogP contribution in [0.15, 0.2) is 42.5 Å². The molecule has 2 N–H and O–H groups in total. The average molecular weight is 279 g/mol. The van der Waals surface area contributed by atoms with E-state index in [4.69, 9.17) is 0 Å². The molecule has 0 bridgehead atoms. The number of aromatic hydroxyl groups is 1. The van der Waals surface area contributed by atoms with Crippen LogP contribution < -0.4 is 5.32 Å². The smallest absolute Gasteiger partial charge is 0.115 e. The fraction of sp³-hybridized carbons (Fsp3) is 0.368. The molecule has 2 aromatic rings. The van der Waals surface area contributed by atoms with E-state index in [2.05, 4.69) is 42.6 Å². The van der Waals surface area contributed by atoms with Gasteiger partial charge in [-0.2, -0.15) is 0 Å². The van der Waals surface area contributed by atoms with Gasteiger partial charge in [0.2, 0.25) is 0 Å². The Kier molecular flexibility index (Phi) is 3.00. The molecule has 3 unspecified atom stereocenters. The second kappa shape index (κ2) is 4.88. The second-order valence-corrected chi connectivity index (χ2v) is 6.39. The monoisotopic (exact) mass is 279 g/mol. The van der Waals surface area contributed by atoms with Gasteiger partial charge in [-0.3, -0.25) is 0 Å². The van der Waals surface area contributed by atoms with Gasteiger partial charge in [-0.15, -0.1) is 0 Å². The molecule has 1 heterocycles. The van der Waals surface area contributed by atoms with Crippen molar-refractivity contribution in [1.29, 1.82) is 0 Å². The van der Waals surface area contributed by atoms with Crippen molar-refractivity contribution >= 4 is 0 Å². The number of aryl methyl sites for hydroxylation is 1. The molecule has 1 fully saturated rings. The normalized spacial score (nSPS) is 27.2. The van der Waals surface area contributed by atoms with Gasteiger partial charge in [0, 0.05) is 12.0 Å². The van der Waals surface area contributed by atoms with E-state index in [1.54, 1.807) is 0 Å². The fourth-order valence-electron chi connectivity index (χ4n) is 4.29. The molecule has 1 saturated heterocycles.